The zero-order valence-electron chi connectivity index (χ0n) is 11.2. The Kier molecular flexibility index (Phi) is 4.24. The third-order valence-corrected chi connectivity index (χ3v) is 4.33. The zero-order valence-corrected chi connectivity index (χ0v) is 12.0. The van der Waals surface area contributed by atoms with Gasteiger partial charge in [0.05, 0.1) is 0 Å². The average Bonchev–Trinajstić information content (AvgIpc) is 2.79. The summed E-state index contributed by atoms with van der Waals surface area (Å²) in [6, 6.07) is 1.60. The number of nitrogens with one attached hydrogen (secondary N) is 1. The lowest BCUT2D eigenvalue weighted by Crippen LogP contribution is -2.27. The van der Waals surface area contributed by atoms with E-state index in [0.717, 1.165) is 12.1 Å². The fraction of sp³-hybridized carbons (Fsp3) is 0.250. The predicted molar refractivity (Wildman–Crippen MR) is 72.9 cm³/mol. The van der Waals surface area contributed by atoms with Crippen molar-refractivity contribution in [1.29, 1.82) is 0 Å². The Labute approximate surface area is 120 Å². The number of nitrogen functional groups attached to an aromatic ring is 1. The standard InChI is InChI=1S/C12H14F2N4O2S/c1-18-5-4-16-11(18)2-3-17-21(19,20)10-7-8(15)6-9(13)12(10)14/h4-7,17H,2-3,15H2,1H3. The summed E-state index contributed by atoms with van der Waals surface area (Å²) in [5.74, 6) is -2.09. The summed E-state index contributed by atoms with van der Waals surface area (Å²) in [6.45, 7) is 0.00302. The van der Waals surface area contributed by atoms with Crippen LogP contribution in [0.15, 0.2) is 29.4 Å². The molecule has 6 nitrogen and oxygen atoms in total. The number of imidazole rings is 1. The highest BCUT2D eigenvalue weighted by atomic mass is 32.2. The molecule has 3 N–H and O–H groups in total. The first-order chi connectivity index (χ1) is 9.81. The van der Waals surface area contributed by atoms with Gasteiger partial charge in [-0.2, -0.15) is 0 Å². The highest BCUT2D eigenvalue weighted by molar-refractivity contribution is 7.89. The maximum Gasteiger partial charge on any atom is 0.243 e. The monoisotopic (exact) mass is 316 g/mol. The van der Waals surface area contributed by atoms with Crippen LogP contribution in [-0.4, -0.2) is 24.5 Å². The predicted octanol–water partition coefficient (Wildman–Crippen LogP) is 0.802. The summed E-state index contributed by atoms with van der Waals surface area (Å²) < 4.78 is 54.6. The quantitative estimate of drug-likeness (QED) is 0.799. The Balaban J connectivity index is 2.14. The number of anilines is 1. The lowest BCUT2D eigenvalue weighted by molar-refractivity contribution is 0.484. The molecule has 9 heteroatoms. The number of benzene rings is 1. The van der Waals surface area contributed by atoms with Crippen molar-refractivity contribution in [2.24, 2.45) is 7.05 Å². The molecule has 0 fully saturated rings. The minimum atomic E-state index is -4.18. The van der Waals surface area contributed by atoms with Gasteiger partial charge >= 0.3 is 0 Å². The second kappa shape index (κ2) is 5.78. The Morgan fingerprint density at radius 1 is 1.38 bits per heavy atom. The average molecular weight is 316 g/mol. The molecular formula is C12H14F2N4O2S. The largest absolute Gasteiger partial charge is 0.399 e. The molecule has 2 aromatic rings. The lowest BCUT2D eigenvalue weighted by atomic mass is 10.3. The molecule has 1 heterocycles. The minimum Gasteiger partial charge on any atom is -0.399 e. The van der Waals surface area contributed by atoms with Crippen molar-refractivity contribution in [2.45, 2.75) is 11.3 Å². The van der Waals surface area contributed by atoms with E-state index >= 15 is 0 Å². The minimum absolute atomic E-state index is 0.00302. The fourth-order valence-corrected chi connectivity index (χ4v) is 2.94. The fourth-order valence-electron chi connectivity index (χ4n) is 1.79. The Bertz CT molecular complexity index is 759. The van der Waals surface area contributed by atoms with E-state index in [9.17, 15) is 17.2 Å². The summed E-state index contributed by atoms with van der Waals surface area (Å²) in [7, 11) is -2.42. The maximum atomic E-state index is 13.6. The van der Waals surface area contributed by atoms with Crippen molar-refractivity contribution in [3.8, 4) is 0 Å². The first kappa shape index (κ1) is 15.4. The van der Waals surface area contributed by atoms with Crippen molar-refractivity contribution in [3.63, 3.8) is 0 Å². The number of aromatic nitrogens is 2. The molecule has 1 aromatic heterocycles. The van der Waals surface area contributed by atoms with E-state index < -0.39 is 26.6 Å². The van der Waals surface area contributed by atoms with Crippen LogP contribution in [0.3, 0.4) is 0 Å². The smallest absolute Gasteiger partial charge is 0.243 e. The van der Waals surface area contributed by atoms with Crippen molar-refractivity contribution < 1.29 is 17.2 Å². The SMILES string of the molecule is Cn1ccnc1CCNS(=O)(=O)c1cc(N)cc(F)c1F. The molecule has 0 amide bonds. The second-order valence-corrected chi connectivity index (χ2v) is 6.15. The molecule has 0 saturated heterocycles. The molecule has 0 bridgehead atoms. The summed E-state index contributed by atoms with van der Waals surface area (Å²) in [6.07, 6.45) is 3.61. The molecule has 2 rings (SSSR count). The van der Waals surface area contributed by atoms with Crippen LogP contribution in [0.2, 0.25) is 0 Å². The number of nitrogens with zero attached hydrogens (tertiary/aromatic N) is 2. The van der Waals surface area contributed by atoms with E-state index in [1.54, 1.807) is 24.0 Å². The number of hydrogen-bond donors (Lipinski definition) is 2. The van der Waals surface area contributed by atoms with Crippen molar-refractivity contribution >= 4 is 15.7 Å². The maximum absolute atomic E-state index is 13.6. The summed E-state index contributed by atoms with van der Waals surface area (Å²) in [5.41, 5.74) is 5.17. The molecule has 1 aromatic carbocycles. The van der Waals surface area contributed by atoms with Gasteiger partial charge in [0.25, 0.3) is 0 Å². The van der Waals surface area contributed by atoms with Crippen LogP contribution in [0, 0.1) is 11.6 Å². The van der Waals surface area contributed by atoms with E-state index in [1.165, 1.54) is 0 Å². The van der Waals surface area contributed by atoms with Crippen molar-refractivity contribution in [3.05, 3.63) is 42.0 Å². The number of nitrogens with two attached hydrogens (primary N) is 1. The van der Waals surface area contributed by atoms with Crippen LogP contribution in [-0.2, 0) is 23.5 Å². The van der Waals surface area contributed by atoms with E-state index in [0.29, 0.717) is 12.2 Å². The number of hydrogen-bond acceptors (Lipinski definition) is 4. The third kappa shape index (κ3) is 3.37. The molecule has 0 radical (unpaired) electrons. The van der Waals surface area contributed by atoms with Gasteiger partial charge in [0.1, 0.15) is 10.7 Å². The molecule has 0 aliphatic carbocycles. The first-order valence-electron chi connectivity index (χ1n) is 6.01. The molecule has 114 valence electrons. The molecular weight excluding hydrogens is 302 g/mol. The van der Waals surface area contributed by atoms with E-state index in [1.807, 2.05) is 0 Å². The van der Waals surface area contributed by atoms with Crippen LogP contribution < -0.4 is 10.5 Å². The highest BCUT2D eigenvalue weighted by Gasteiger charge is 2.22. The van der Waals surface area contributed by atoms with Gasteiger partial charge in [-0.15, -0.1) is 0 Å². The molecule has 0 unspecified atom stereocenters. The number of aryl methyl sites for hydroxylation is 1. The van der Waals surface area contributed by atoms with Crippen molar-refractivity contribution in [1.82, 2.24) is 14.3 Å². The highest BCUT2D eigenvalue weighted by Crippen LogP contribution is 2.20. The normalized spacial score (nSPS) is 11.8. The van der Waals surface area contributed by atoms with Crippen LogP contribution in [0.5, 0.6) is 0 Å². The number of halogens is 2. The van der Waals surface area contributed by atoms with Crippen LogP contribution in [0.4, 0.5) is 14.5 Å². The van der Waals surface area contributed by atoms with E-state index in [4.69, 9.17) is 5.73 Å². The number of rotatable bonds is 5. The van der Waals surface area contributed by atoms with E-state index in [-0.39, 0.29) is 12.2 Å². The van der Waals surface area contributed by atoms with Crippen LogP contribution in [0.1, 0.15) is 5.82 Å². The van der Waals surface area contributed by atoms with Gasteiger partial charge in [-0.1, -0.05) is 0 Å². The molecule has 0 aliphatic rings. The number of sulfonamides is 1. The van der Waals surface area contributed by atoms with Gasteiger partial charge in [-0.3, -0.25) is 0 Å². The molecule has 0 atom stereocenters. The molecule has 0 aliphatic heterocycles. The van der Waals surface area contributed by atoms with E-state index in [2.05, 4.69) is 9.71 Å². The Hall–Kier alpha value is -2.00. The second-order valence-electron chi connectivity index (χ2n) is 4.42. The van der Waals surface area contributed by atoms with Gasteiger partial charge in [0.15, 0.2) is 11.6 Å². The van der Waals surface area contributed by atoms with Gasteiger partial charge in [-0.05, 0) is 12.1 Å². The molecule has 0 saturated carbocycles. The lowest BCUT2D eigenvalue weighted by Gasteiger charge is -2.09. The molecule has 21 heavy (non-hydrogen) atoms. The summed E-state index contributed by atoms with van der Waals surface area (Å²) in [5, 5.41) is 0. The van der Waals surface area contributed by atoms with Gasteiger partial charge in [-0.25, -0.2) is 26.9 Å². The first-order valence-corrected chi connectivity index (χ1v) is 7.50. The summed E-state index contributed by atoms with van der Waals surface area (Å²) in [4.78, 5) is 3.22. The van der Waals surface area contributed by atoms with Gasteiger partial charge in [0, 0.05) is 38.1 Å². The zero-order chi connectivity index (χ0) is 15.6. The van der Waals surface area contributed by atoms with Crippen molar-refractivity contribution in [2.75, 3.05) is 12.3 Å². The van der Waals surface area contributed by atoms with Gasteiger partial charge < -0.3 is 10.3 Å². The van der Waals surface area contributed by atoms with Crippen LogP contribution in [0.25, 0.3) is 0 Å². The topological polar surface area (TPSA) is 90.0 Å². The third-order valence-electron chi connectivity index (χ3n) is 2.87. The van der Waals surface area contributed by atoms with Crippen LogP contribution >= 0.6 is 0 Å². The van der Waals surface area contributed by atoms with Gasteiger partial charge in [0.2, 0.25) is 10.0 Å². The molecule has 0 spiro atoms. The summed E-state index contributed by atoms with van der Waals surface area (Å²) >= 11 is 0. The Morgan fingerprint density at radius 3 is 2.71 bits per heavy atom. The Morgan fingerprint density at radius 2 is 2.10 bits per heavy atom.